The number of rotatable bonds is 4. The Balaban J connectivity index is 1.67. The van der Waals surface area contributed by atoms with E-state index in [0.29, 0.717) is 33.3 Å². The van der Waals surface area contributed by atoms with Crippen LogP contribution in [0.4, 0.5) is 11.4 Å². The van der Waals surface area contributed by atoms with Crippen LogP contribution in [0.3, 0.4) is 0 Å². The van der Waals surface area contributed by atoms with Crippen molar-refractivity contribution in [3.63, 3.8) is 0 Å². The van der Waals surface area contributed by atoms with Gasteiger partial charge < -0.3 is 0 Å². The van der Waals surface area contributed by atoms with Crippen molar-refractivity contribution in [3.8, 4) is 0 Å². The Morgan fingerprint density at radius 3 is 2.16 bits per heavy atom. The monoisotopic (exact) mass is 442 g/mol. The Bertz CT molecular complexity index is 1480. The Morgan fingerprint density at radius 1 is 0.812 bits per heavy atom. The number of carbonyl (C=O) groups excluding carboxylic acids is 2. The van der Waals surface area contributed by atoms with Crippen molar-refractivity contribution in [1.29, 1.82) is 0 Å². The third-order valence-corrected chi connectivity index (χ3v) is 7.48. The molecule has 32 heavy (non-hydrogen) atoms. The lowest BCUT2D eigenvalue weighted by Crippen LogP contribution is -2.33. The van der Waals surface area contributed by atoms with E-state index in [2.05, 4.69) is 0 Å². The average molecular weight is 442 g/mol. The lowest BCUT2D eigenvalue weighted by molar-refractivity contribution is 0.0903. The van der Waals surface area contributed by atoms with Crippen LogP contribution in [-0.2, 0) is 10.0 Å². The third kappa shape index (κ3) is 2.90. The van der Waals surface area contributed by atoms with Crippen LogP contribution >= 0.6 is 0 Å². The summed E-state index contributed by atoms with van der Waals surface area (Å²) < 4.78 is 28.1. The molecule has 6 nitrogen and oxygen atoms in total. The molecule has 0 atom stereocenters. The standard InChI is InChI=1S/C25H18N2O4S/c1-26(18-11-6-3-7-12-18)32(30,31)22-16-15-21-23-19(22)13-8-14-20(23)25(29)27(21)24(28)17-9-4-2-5-10-17/h2-16H,1H3. The van der Waals surface area contributed by atoms with Gasteiger partial charge in [0.05, 0.1) is 21.8 Å². The first kappa shape index (κ1) is 20.0. The van der Waals surface area contributed by atoms with E-state index >= 15 is 0 Å². The first-order valence-corrected chi connectivity index (χ1v) is 11.4. The van der Waals surface area contributed by atoms with Gasteiger partial charge in [-0.2, -0.15) is 0 Å². The van der Waals surface area contributed by atoms with E-state index < -0.39 is 21.8 Å². The molecule has 0 bridgehead atoms. The maximum atomic E-state index is 13.5. The second-order valence-electron chi connectivity index (χ2n) is 7.43. The van der Waals surface area contributed by atoms with Gasteiger partial charge in [0.2, 0.25) is 0 Å². The molecule has 4 aromatic rings. The van der Waals surface area contributed by atoms with Crippen molar-refractivity contribution in [1.82, 2.24) is 0 Å². The minimum absolute atomic E-state index is 0.0752. The van der Waals surface area contributed by atoms with Crippen molar-refractivity contribution < 1.29 is 18.0 Å². The van der Waals surface area contributed by atoms with Gasteiger partial charge in [-0.05, 0) is 42.5 Å². The molecule has 0 N–H and O–H groups in total. The van der Waals surface area contributed by atoms with Crippen LogP contribution in [0.1, 0.15) is 20.7 Å². The number of hydrogen-bond acceptors (Lipinski definition) is 4. The summed E-state index contributed by atoms with van der Waals surface area (Å²) in [5.41, 5.74) is 1.59. The van der Waals surface area contributed by atoms with E-state index in [-0.39, 0.29) is 4.90 Å². The van der Waals surface area contributed by atoms with Crippen molar-refractivity contribution in [2.24, 2.45) is 0 Å². The van der Waals surface area contributed by atoms with Crippen molar-refractivity contribution in [2.75, 3.05) is 16.3 Å². The predicted octanol–water partition coefficient (Wildman–Crippen LogP) is 4.47. The van der Waals surface area contributed by atoms with Gasteiger partial charge >= 0.3 is 0 Å². The van der Waals surface area contributed by atoms with Crippen LogP contribution in [-0.4, -0.2) is 27.3 Å². The smallest absolute Gasteiger partial charge is 0.266 e. The fourth-order valence-electron chi connectivity index (χ4n) is 4.02. The van der Waals surface area contributed by atoms with Crippen LogP contribution in [0, 0.1) is 0 Å². The van der Waals surface area contributed by atoms with Gasteiger partial charge in [0.15, 0.2) is 0 Å². The molecule has 0 fully saturated rings. The molecule has 7 heteroatoms. The van der Waals surface area contributed by atoms with E-state index in [1.807, 2.05) is 6.07 Å². The average Bonchev–Trinajstić information content (AvgIpc) is 3.12. The largest absolute Gasteiger partial charge is 0.269 e. The number of carbonyl (C=O) groups is 2. The van der Waals surface area contributed by atoms with Crippen LogP contribution in [0.15, 0.2) is 95.9 Å². The highest BCUT2D eigenvalue weighted by Crippen LogP contribution is 2.41. The highest BCUT2D eigenvalue weighted by molar-refractivity contribution is 7.93. The summed E-state index contributed by atoms with van der Waals surface area (Å²) in [6.45, 7) is 0. The molecule has 2 amide bonds. The van der Waals surface area contributed by atoms with Gasteiger partial charge in [0, 0.05) is 23.4 Å². The first-order valence-electron chi connectivity index (χ1n) is 9.95. The normalized spacial score (nSPS) is 12.9. The maximum absolute atomic E-state index is 13.5. The summed E-state index contributed by atoms with van der Waals surface area (Å²) in [6, 6.07) is 25.2. The Hall–Kier alpha value is -3.97. The molecule has 0 unspecified atom stereocenters. The minimum Gasteiger partial charge on any atom is -0.269 e. The SMILES string of the molecule is CN(c1ccccc1)S(=O)(=O)c1ccc2c3c(cccc13)C(=O)N2C(=O)c1ccccc1. The summed E-state index contributed by atoms with van der Waals surface area (Å²) >= 11 is 0. The molecule has 1 aliphatic rings. The van der Waals surface area contributed by atoms with E-state index in [1.54, 1.807) is 72.8 Å². The molecule has 0 spiro atoms. The number of anilines is 2. The first-order chi connectivity index (χ1) is 15.4. The zero-order valence-corrected chi connectivity index (χ0v) is 17.9. The molecular weight excluding hydrogens is 424 g/mol. The molecule has 1 heterocycles. The molecular formula is C25H18N2O4S. The zero-order valence-electron chi connectivity index (χ0n) is 17.1. The predicted molar refractivity (Wildman–Crippen MR) is 124 cm³/mol. The number of imide groups is 1. The fourth-order valence-corrected chi connectivity index (χ4v) is 5.40. The van der Waals surface area contributed by atoms with Gasteiger partial charge in [0.25, 0.3) is 21.8 Å². The maximum Gasteiger partial charge on any atom is 0.266 e. The second kappa shape index (κ2) is 7.32. The molecule has 0 saturated carbocycles. The van der Waals surface area contributed by atoms with Crippen molar-refractivity contribution >= 4 is 44.0 Å². The Morgan fingerprint density at radius 2 is 1.47 bits per heavy atom. The summed E-state index contributed by atoms with van der Waals surface area (Å²) in [6.07, 6.45) is 0. The van der Waals surface area contributed by atoms with Gasteiger partial charge in [0.1, 0.15) is 0 Å². The lowest BCUT2D eigenvalue weighted by atomic mass is 10.1. The van der Waals surface area contributed by atoms with E-state index in [9.17, 15) is 18.0 Å². The number of sulfonamides is 1. The fraction of sp³-hybridized carbons (Fsp3) is 0.0400. The van der Waals surface area contributed by atoms with Gasteiger partial charge in [-0.15, -0.1) is 0 Å². The molecule has 0 aromatic heterocycles. The molecule has 0 radical (unpaired) electrons. The van der Waals surface area contributed by atoms with E-state index in [0.717, 1.165) is 4.90 Å². The minimum atomic E-state index is -3.91. The lowest BCUT2D eigenvalue weighted by Gasteiger charge is -2.21. The number of para-hydroxylation sites is 1. The van der Waals surface area contributed by atoms with Crippen LogP contribution in [0.2, 0.25) is 0 Å². The third-order valence-electron chi connectivity index (χ3n) is 5.64. The molecule has 0 aliphatic carbocycles. The Kier molecular flexibility index (Phi) is 4.56. The molecule has 1 aliphatic heterocycles. The molecule has 158 valence electrons. The number of hydrogen-bond donors (Lipinski definition) is 0. The number of benzene rings is 4. The molecule has 0 saturated heterocycles. The summed E-state index contributed by atoms with van der Waals surface area (Å²) in [7, 11) is -2.42. The van der Waals surface area contributed by atoms with Crippen LogP contribution < -0.4 is 9.21 Å². The highest BCUT2D eigenvalue weighted by atomic mass is 32.2. The summed E-state index contributed by atoms with van der Waals surface area (Å²) in [5, 5.41) is 0.865. The summed E-state index contributed by atoms with van der Waals surface area (Å²) in [4.78, 5) is 27.5. The number of nitrogens with zero attached hydrogens (tertiary/aromatic N) is 2. The quantitative estimate of drug-likeness (QED) is 0.437. The van der Waals surface area contributed by atoms with E-state index in [1.165, 1.54) is 23.5 Å². The second-order valence-corrected chi connectivity index (χ2v) is 9.37. The van der Waals surface area contributed by atoms with Crippen LogP contribution in [0.5, 0.6) is 0 Å². The van der Waals surface area contributed by atoms with Crippen LogP contribution in [0.25, 0.3) is 10.8 Å². The van der Waals surface area contributed by atoms with Gasteiger partial charge in [-0.3, -0.25) is 13.9 Å². The summed E-state index contributed by atoms with van der Waals surface area (Å²) in [5.74, 6) is -0.921. The Labute approximate surface area is 185 Å². The molecule has 5 rings (SSSR count). The van der Waals surface area contributed by atoms with E-state index in [4.69, 9.17) is 0 Å². The number of amides is 2. The van der Waals surface area contributed by atoms with Gasteiger partial charge in [-0.1, -0.05) is 48.5 Å². The van der Waals surface area contributed by atoms with Crippen molar-refractivity contribution in [3.05, 3.63) is 102 Å². The van der Waals surface area contributed by atoms with Crippen molar-refractivity contribution in [2.45, 2.75) is 4.90 Å². The highest BCUT2D eigenvalue weighted by Gasteiger charge is 2.37. The van der Waals surface area contributed by atoms with Gasteiger partial charge in [-0.25, -0.2) is 13.3 Å². The topological polar surface area (TPSA) is 74.8 Å². The zero-order chi connectivity index (χ0) is 22.5. The molecule has 4 aromatic carbocycles.